The molecule has 1 fully saturated rings. The van der Waals surface area contributed by atoms with Gasteiger partial charge in [-0.25, -0.2) is 4.98 Å². The van der Waals surface area contributed by atoms with Gasteiger partial charge < -0.3 is 29.7 Å². The number of hydrogen-bond acceptors (Lipinski definition) is 7. The van der Waals surface area contributed by atoms with E-state index >= 15 is 0 Å². The number of ether oxygens (including phenoxy) is 1. The average Bonchev–Trinajstić information content (AvgIpc) is 3.04. The van der Waals surface area contributed by atoms with Gasteiger partial charge in [-0.05, 0) is 80.9 Å². The summed E-state index contributed by atoms with van der Waals surface area (Å²) in [5, 5.41) is 6.14. The van der Waals surface area contributed by atoms with Gasteiger partial charge in [0.05, 0.1) is 18.9 Å². The summed E-state index contributed by atoms with van der Waals surface area (Å²) in [6, 6.07) is 20.5. The third-order valence-electron chi connectivity index (χ3n) is 7.93. The van der Waals surface area contributed by atoms with Crippen LogP contribution in [0, 0.1) is 6.92 Å². The van der Waals surface area contributed by atoms with Crippen LogP contribution in [0.4, 0.5) is 22.9 Å². The van der Waals surface area contributed by atoms with E-state index in [1.807, 2.05) is 56.4 Å². The fraction of sp³-hybridized carbons (Fsp3) is 0.294. The molecule has 228 valence electrons. The summed E-state index contributed by atoms with van der Waals surface area (Å²) in [5.41, 5.74) is 5.33. The van der Waals surface area contributed by atoms with Gasteiger partial charge in [-0.2, -0.15) is 0 Å². The third-order valence-corrected chi connectivity index (χ3v) is 7.93. The summed E-state index contributed by atoms with van der Waals surface area (Å²) in [4.78, 5) is 47.5. The molecule has 0 unspecified atom stereocenters. The lowest BCUT2D eigenvalue weighted by Gasteiger charge is -2.26. The first kappa shape index (κ1) is 30.5. The maximum Gasteiger partial charge on any atom is 0.293 e. The van der Waals surface area contributed by atoms with Crippen LogP contribution in [0.2, 0.25) is 0 Å². The topological polar surface area (TPSA) is 109 Å². The van der Waals surface area contributed by atoms with E-state index in [2.05, 4.69) is 34.4 Å². The predicted octanol–water partition coefficient (Wildman–Crippen LogP) is 5.07. The van der Waals surface area contributed by atoms with Gasteiger partial charge in [-0.1, -0.05) is 12.1 Å². The van der Waals surface area contributed by atoms with Gasteiger partial charge >= 0.3 is 0 Å². The lowest BCUT2D eigenvalue weighted by atomic mass is 10.0. The van der Waals surface area contributed by atoms with Crippen molar-refractivity contribution in [3.05, 3.63) is 100.0 Å². The molecule has 0 aliphatic carbocycles. The zero-order chi connectivity index (χ0) is 31.4. The van der Waals surface area contributed by atoms with Gasteiger partial charge in [0.15, 0.2) is 5.82 Å². The smallest absolute Gasteiger partial charge is 0.293 e. The van der Waals surface area contributed by atoms with E-state index in [1.54, 1.807) is 42.4 Å². The Morgan fingerprint density at radius 1 is 0.955 bits per heavy atom. The van der Waals surface area contributed by atoms with Crippen molar-refractivity contribution in [1.82, 2.24) is 14.5 Å². The predicted molar refractivity (Wildman–Crippen MR) is 174 cm³/mol. The molecule has 4 aromatic rings. The van der Waals surface area contributed by atoms with Gasteiger partial charge in [0.25, 0.3) is 17.4 Å². The van der Waals surface area contributed by atoms with Crippen molar-refractivity contribution in [3.63, 3.8) is 0 Å². The second kappa shape index (κ2) is 13.1. The van der Waals surface area contributed by atoms with Gasteiger partial charge in [-0.3, -0.25) is 14.4 Å². The lowest BCUT2D eigenvalue weighted by molar-refractivity contribution is 0.0303. The highest BCUT2D eigenvalue weighted by Gasteiger charge is 2.19. The minimum atomic E-state index is -0.295. The van der Waals surface area contributed by atoms with Gasteiger partial charge in [0.1, 0.15) is 0 Å². The van der Waals surface area contributed by atoms with Crippen molar-refractivity contribution in [2.75, 3.05) is 48.9 Å². The Bertz CT molecular complexity index is 1710. The first-order valence-electron chi connectivity index (χ1n) is 14.7. The number of amides is 2. The highest BCUT2D eigenvalue weighted by atomic mass is 16.5. The number of carbonyl (C=O) groups is 2. The van der Waals surface area contributed by atoms with Crippen molar-refractivity contribution >= 4 is 34.7 Å². The highest BCUT2D eigenvalue weighted by Crippen LogP contribution is 2.28. The summed E-state index contributed by atoms with van der Waals surface area (Å²) in [6.07, 6.45) is 1.68. The van der Waals surface area contributed by atoms with E-state index in [0.29, 0.717) is 60.5 Å². The van der Waals surface area contributed by atoms with Crippen molar-refractivity contribution in [2.24, 2.45) is 7.05 Å². The average molecular weight is 595 g/mol. The standard InChI is InChI=1S/C34H38N6O4/c1-22(2)39(5)27-15-11-24(12-16-27)32(41)37-29-8-6-7-28(23(29)3)30-21-38(4)34(43)31(36-30)35-26-13-9-25(10-14-26)33(42)40-17-19-44-20-18-40/h6-16,21-22H,17-20H2,1-5H3,(H,35,36)(H,37,41). The van der Waals surface area contributed by atoms with E-state index in [0.717, 1.165) is 16.8 Å². The van der Waals surface area contributed by atoms with Crippen LogP contribution in [-0.2, 0) is 11.8 Å². The molecule has 0 atom stereocenters. The van der Waals surface area contributed by atoms with E-state index < -0.39 is 0 Å². The lowest BCUT2D eigenvalue weighted by Crippen LogP contribution is -2.40. The number of hydrogen-bond donors (Lipinski definition) is 2. The Hall–Kier alpha value is -4.96. The Morgan fingerprint density at radius 3 is 2.27 bits per heavy atom. The van der Waals surface area contributed by atoms with Gasteiger partial charge in [0.2, 0.25) is 0 Å². The number of aromatic nitrogens is 2. The van der Waals surface area contributed by atoms with E-state index in [1.165, 1.54) is 4.57 Å². The number of benzene rings is 3. The van der Waals surface area contributed by atoms with E-state index in [9.17, 15) is 14.4 Å². The number of anilines is 4. The molecule has 1 aliphatic rings. The molecule has 5 rings (SSSR count). The Balaban J connectivity index is 1.34. The minimum absolute atomic E-state index is 0.0471. The highest BCUT2D eigenvalue weighted by molar-refractivity contribution is 6.05. The number of nitrogens with zero attached hydrogens (tertiary/aromatic N) is 4. The van der Waals surface area contributed by atoms with Crippen LogP contribution >= 0.6 is 0 Å². The molecule has 0 radical (unpaired) electrons. The molecule has 2 amide bonds. The molecule has 10 heteroatoms. The number of rotatable bonds is 8. The van der Waals surface area contributed by atoms with Crippen LogP contribution in [0.1, 0.15) is 40.1 Å². The van der Waals surface area contributed by atoms with Crippen molar-refractivity contribution in [2.45, 2.75) is 26.8 Å². The number of carbonyl (C=O) groups excluding carboxylic acids is 2. The fourth-order valence-corrected chi connectivity index (χ4v) is 4.99. The maximum absolute atomic E-state index is 13.1. The number of morpholine rings is 1. The van der Waals surface area contributed by atoms with Crippen LogP contribution < -0.4 is 21.1 Å². The molecule has 2 heterocycles. The van der Waals surface area contributed by atoms with E-state index in [-0.39, 0.29) is 23.2 Å². The summed E-state index contributed by atoms with van der Waals surface area (Å²) >= 11 is 0. The Kier molecular flexibility index (Phi) is 9.10. The molecule has 1 aromatic heterocycles. The summed E-state index contributed by atoms with van der Waals surface area (Å²) in [5.74, 6) is -0.109. The number of nitrogens with one attached hydrogen (secondary N) is 2. The quantitative estimate of drug-likeness (QED) is 0.293. The fourth-order valence-electron chi connectivity index (χ4n) is 4.99. The first-order valence-corrected chi connectivity index (χ1v) is 14.7. The summed E-state index contributed by atoms with van der Waals surface area (Å²) in [7, 11) is 3.69. The van der Waals surface area contributed by atoms with Crippen LogP contribution in [0.15, 0.2) is 77.7 Å². The second-order valence-corrected chi connectivity index (χ2v) is 11.2. The zero-order valence-corrected chi connectivity index (χ0v) is 25.8. The van der Waals surface area contributed by atoms with Gasteiger partial charge in [-0.15, -0.1) is 0 Å². The van der Waals surface area contributed by atoms with E-state index in [4.69, 9.17) is 4.74 Å². The SMILES string of the molecule is Cc1c(NC(=O)c2ccc(N(C)C(C)C)cc2)cccc1-c1cn(C)c(=O)c(Nc2ccc(C(=O)N3CCOCC3)cc2)n1. The zero-order valence-electron chi connectivity index (χ0n) is 25.8. The molecule has 10 nitrogen and oxygen atoms in total. The molecule has 1 saturated heterocycles. The maximum atomic E-state index is 13.1. The third kappa shape index (κ3) is 6.65. The largest absolute Gasteiger partial charge is 0.378 e. The van der Waals surface area contributed by atoms with Crippen molar-refractivity contribution in [3.8, 4) is 11.3 Å². The molecular weight excluding hydrogens is 556 g/mol. The monoisotopic (exact) mass is 594 g/mol. The molecule has 0 saturated carbocycles. The molecule has 0 spiro atoms. The molecule has 3 aromatic carbocycles. The van der Waals surface area contributed by atoms with Crippen molar-refractivity contribution < 1.29 is 14.3 Å². The number of aryl methyl sites for hydroxylation is 1. The van der Waals surface area contributed by atoms with Crippen molar-refractivity contribution in [1.29, 1.82) is 0 Å². The normalized spacial score (nSPS) is 13.1. The van der Waals surface area contributed by atoms with Crippen LogP contribution in [0.25, 0.3) is 11.3 Å². The summed E-state index contributed by atoms with van der Waals surface area (Å²) in [6.45, 7) is 8.35. The van der Waals surface area contributed by atoms with Crippen LogP contribution in [0.5, 0.6) is 0 Å². The molecule has 1 aliphatic heterocycles. The Labute approximate surface area is 257 Å². The molecule has 44 heavy (non-hydrogen) atoms. The summed E-state index contributed by atoms with van der Waals surface area (Å²) < 4.78 is 6.81. The first-order chi connectivity index (χ1) is 21.1. The Morgan fingerprint density at radius 2 is 1.61 bits per heavy atom. The molecule has 0 bridgehead atoms. The minimum Gasteiger partial charge on any atom is -0.378 e. The van der Waals surface area contributed by atoms with Gasteiger partial charge in [0, 0.05) is 73.2 Å². The molecular formula is C34H38N6O4. The second-order valence-electron chi connectivity index (χ2n) is 11.2. The molecule has 2 N–H and O–H groups in total. The van der Waals surface area contributed by atoms with Crippen LogP contribution in [0.3, 0.4) is 0 Å². The van der Waals surface area contributed by atoms with Crippen LogP contribution in [-0.4, -0.2) is 65.7 Å².